The van der Waals surface area contributed by atoms with Crippen LogP contribution in [0.1, 0.15) is 86.2 Å². The minimum Gasteiger partial charge on any atom is -0.478 e. The maximum atomic E-state index is 11.0. The standard InChI is InChI=1S/C25H30O3/c1-16(14-17-6-8-18(9-7-17)23(27)28)22(26)19-10-11-20-21(15-19)25(4,5)13-12-24(20,2)3/h6-11,14-15,22,26H,12-13H2,1-5H3,(H,27,28)/b16-14+. The summed E-state index contributed by atoms with van der Waals surface area (Å²) in [7, 11) is 0. The second-order valence-corrected chi connectivity index (χ2v) is 9.29. The topological polar surface area (TPSA) is 57.5 Å². The van der Waals surface area contributed by atoms with Crippen molar-refractivity contribution >= 4 is 12.0 Å². The molecule has 0 aromatic heterocycles. The molecule has 0 bridgehead atoms. The molecule has 0 saturated heterocycles. The first-order valence-corrected chi connectivity index (χ1v) is 9.86. The van der Waals surface area contributed by atoms with E-state index in [1.807, 2.05) is 19.1 Å². The van der Waals surface area contributed by atoms with Gasteiger partial charge in [-0.3, -0.25) is 0 Å². The van der Waals surface area contributed by atoms with Crippen LogP contribution in [-0.2, 0) is 10.8 Å². The molecule has 2 aromatic rings. The average molecular weight is 379 g/mol. The molecular formula is C25H30O3. The lowest BCUT2D eigenvalue weighted by molar-refractivity contribution is 0.0697. The highest BCUT2D eigenvalue weighted by Crippen LogP contribution is 2.46. The number of aliphatic hydroxyl groups excluding tert-OH is 1. The molecule has 1 aliphatic rings. The first-order chi connectivity index (χ1) is 13.0. The fourth-order valence-electron chi connectivity index (χ4n) is 4.10. The molecule has 3 nitrogen and oxygen atoms in total. The molecule has 0 amide bonds. The van der Waals surface area contributed by atoms with E-state index in [-0.39, 0.29) is 16.4 Å². The summed E-state index contributed by atoms with van der Waals surface area (Å²) in [5.74, 6) is -0.938. The van der Waals surface area contributed by atoms with Gasteiger partial charge >= 0.3 is 5.97 Å². The number of fused-ring (bicyclic) bond motifs is 1. The molecule has 2 N–H and O–H groups in total. The zero-order chi connectivity index (χ0) is 20.7. The Morgan fingerprint density at radius 2 is 1.54 bits per heavy atom. The van der Waals surface area contributed by atoms with Crippen LogP contribution >= 0.6 is 0 Å². The van der Waals surface area contributed by atoms with E-state index in [1.54, 1.807) is 24.3 Å². The molecule has 0 saturated carbocycles. The Kier molecular flexibility index (Phi) is 5.24. The molecule has 148 valence electrons. The van der Waals surface area contributed by atoms with Crippen LogP contribution in [0.2, 0.25) is 0 Å². The number of carbonyl (C=O) groups is 1. The van der Waals surface area contributed by atoms with E-state index in [9.17, 15) is 9.90 Å². The SMILES string of the molecule is C/C(=C\c1ccc(C(=O)O)cc1)C(O)c1ccc2c(c1)C(C)(C)CCC2(C)C. The average Bonchev–Trinajstić information content (AvgIpc) is 2.65. The van der Waals surface area contributed by atoms with Crippen molar-refractivity contribution in [3.63, 3.8) is 0 Å². The summed E-state index contributed by atoms with van der Waals surface area (Å²) in [6.07, 6.45) is 3.52. The number of benzene rings is 2. The molecule has 0 heterocycles. The highest BCUT2D eigenvalue weighted by Gasteiger charge is 2.37. The van der Waals surface area contributed by atoms with Gasteiger partial charge in [0.25, 0.3) is 0 Å². The van der Waals surface area contributed by atoms with Gasteiger partial charge in [-0.15, -0.1) is 0 Å². The third-order valence-electron chi connectivity index (χ3n) is 6.18. The number of carboxylic acid groups (broad SMARTS) is 1. The maximum Gasteiger partial charge on any atom is 0.335 e. The molecule has 0 radical (unpaired) electrons. The van der Waals surface area contributed by atoms with E-state index < -0.39 is 12.1 Å². The van der Waals surface area contributed by atoms with E-state index in [0.717, 1.165) is 23.1 Å². The van der Waals surface area contributed by atoms with Gasteiger partial charge in [0.05, 0.1) is 5.56 Å². The largest absolute Gasteiger partial charge is 0.478 e. The number of rotatable bonds is 4. The Labute approximate surface area is 167 Å². The summed E-state index contributed by atoms with van der Waals surface area (Å²) in [4.78, 5) is 11.0. The zero-order valence-corrected chi connectivity index (χ0v) is 17.4. The minimum absolute atomic E-state index is 0.102. The second kappa shape index (κ2) is 7.21. The van der Waals surface area contributed by atoms with E-state index in [1.165, 1.54) is 17.5 Å². The number of aliphatic hydroxyl groups is 1. The molecule has 1 aliphatic carbocycles. The van der Waals surface area contributed by atoms with Crippen molar-refractivity contribution in [2.75, 3.05) is 0 Å². The molecule has 3 rings (SSSR count). The van der Waals surface area contributed by atoms with Gasteiger partial charge in [0.1, 0.15) is 6.10 Å². The van der Waals surface area contributed by atoms with Crippen molar-refractivity contribution in [2.45, 2.75) is 64.4 Å². The predicted octanol–water partition coefficient (Wildman–Crippen LogP) is 5.87. The smallest absolute Gasteiger partial charge is 0.335 e. The summed E-state index contributed by atoms with van der Waals surface area (Å²) < 4.78 is 0. The second-order valence-electron chi connectivity index (χ2n) is 9.29. The van der Waals surface area contributed by atoms with Crippen LogP contribution in [-0.4, -0.2) is 16.2 Å². The summed E-state index contributed by atoms with van der Waals surface area (Å²) in [6, 6.07) is 13.1. The van der Waals surface area contributed by atoms with Crippen LogP contribution in [0.25, 0.3) is 6.08 Å². The molecule has 3 heteroatoms. The van der Waals surface area contributed by atoms with Crippen molar-refractivity contribution in [1.82, 2.24) is 0 Å². The third kappa shape index (κ3) is 3.90. The minimum atomic E-state index is -0.938. The lowest BCUT2D eigenvalue weighted by Crippen LogP contribution is -2.34. The fraction of sp³-hybridized carbons (Fsp3) is 0.400. The fourth-order valence-corrected chi connectivity index (χ4v) is 4.10. The molecule has 2 aromatic carbocycles. The van der Waals surface area contributed by atoms with Gasteiger partial charge in [0, 0.05) is 0 Å². The quantitative estimate of drug-likeness (QED) is 0.699. The Balaban J connectivity index is 1.92. The molecule has 1 unspecified atom stereocenters. The zero-order valence-electron chi connectivity index (χ0n) is 17.4. The van der Waals surface area contributed by atoms with Crippen molar-refractivity contribution in [1.29, 1.82) is 0 Å². The van der Waals surface area contributed by atoms with Gasteiger partial charge in [0.15, 0.2) is 0 Å². The van der Waals surface area contributed by atoms with Crippen LogP contribution in [0.3, 0.4) is 0 Å². The van der Waals surface area contributed by atoms with Crippen molar-refractivity contribution in [3.8, 4) is 0 Å². The highest BCUT2D eigenvalue weighted by atomic mass is 16.4. The normalized spacial score (nSPS) is 19.0. The van der Waals surface area contributed by atoms with Gasteiger partial charge in [-0.1, -0.05) is 64.1 Å². The summed E-state index contributed by atoms with van der Waals surface area (Å²) >= 11 is 0. The first-order valence-electron chi connectivity index (χ1n) is 9.86. The maximum absolute atomic E-state index is 11.0. The Bertz CT molecular complexity index is 917. The van der Waals surface area contributed by atoms with E-state index in [4.69, 9.17) is 5.11 Å². The van der Waals surface area contributed by atoms with E-state index in [2.05, 4.69) is 39.8 Å². The molecule has 1 atom stereocenters. The highest BCUT2D eigenvalue weighted by molar-refractivity contribution is 5.87. The Hall–Kier alpha value is -2.39. The summed E-state index contributed by atoms with van der Waals surface area (Å²) in [6.45, 7) is 11.1. The van der Waals surface area contributed by atoms with Crippen molar-refractivity contribution in [2.24, 2.45) is 0 Å². The van der Waals surface area contributed by atoms with Gasteiger partial charge in [-0.25, -0.2) is 4.79 Å². The number of hydrogen-bond acceptors (Lipinski definition) is 2. The Morgan fingerprint density at radius 1 is 0.964 bits per heavy atom. The van der Waals surface area contributed by atoms with Crippen LogP contribution in [0.5, 0.6) is 0 Å². The van der Waals surface area contributed by atoms with Crippen LogP contribution < -0.4 is 0 Å². The molecule has 0 fully saturated rings. The van der Waals surface area contributed by atoms with Gasteiger partial charge < -0.3 is 10.2 Å². The summed E-state index contributed by atoms with van der Waals surface area (Å²) in [5.41, 5.74) is 5.84. The molecule has 0 spiro atoms. The van der Waals surface area contributed by atoms with Crippen molar-refractivity contribution < 1.29 is 15.0 Å². The van der Waals surface area contributed by atoms with Crippen LogP contribution in [0.4, 0.5) is 0 Å². The van der Waals surface area contributed by atoms with Gasteiger partial charge in [-0.05, 0) is 70.6 Å². The monoisotopic (exact) mass is 378 g/mol. The van der Waals surface area contributed by atoms with Crippen molar-refractivity contribution in [3.05, 3.63) is 75.9 Å². The van der Waals surface area contributed by atoms with Gasteiger partial charge in [0.2, 0.25) is 0 Å². The lowest BCUT2D eigenvalue weighted by atomic mass is 9.63. The predicted molar refractivity (Wildman–Crippen MR) is 114 cm³/mol. The summed E-state index contributed by atoms with van der Waals surface area (Å²) in [5, 5.41) is 19.9. The number of hydrogen-bond donors (Lipinski definition) is 2. The molecular weight excluding hydrogens is 348 g/mol. The van der Waals surface area contributed by atoms with E-state index in [0.29, 0.717) is 0 Å². The lowest BCUT2D eigenvalue weighted by Gasteiger charge is -2.42. The molecule has 0 aliphatic heterocycles. The number of carboxylic acids is 1. The third-order valence-corrected chi connectivity index (χ3v) is 6.18. The van der Waals surface area contributed by atoms with Gasteiger partial charge in [-0.2, -0.15) is 0 Å². The number of aromatic carboxylic acids is 1. The van der Waals surface area contributed by atoms with E-state index >= 15 is 0 Å². The van der Waals surface area contributed by atoms with Crippen LogP contribution in [0.15, 0.2) is 48.0 Å². The molecule has 28 heavy (non-hydrogen) atoms. The van der Waals surface area contributed by atoms with Crippen LogP contribution in [0, 0.1) is 0 Å². The Morgan fingerprint density at radius 3 is 2.11 bits per heavy atom. The first kappa shape index (κ1) is 20.3.